The van der Waals surface area contributed by atoms with Gasteiger partial charge in [-0.2, -0.15) is 0 Å². The summed E-state index contributed by atoms with van der Waals surface area (Å²) in [6.07, 6.45) is 6.95. The number of hydrogen-bond donors (Lipinski definition) is 0. The molecule has 3 nitrogen and oxygen atoms in total. The van der Waals surface area contributed by atoms with Crippen molar-refractivity contribution < 1.29 is 23.3 Å². The van der Waals surface area contributed by atoms with Crippen LogP contribution in [0.15, 0.2) is 43.0 Å². The van der Waals surface area contributed by atoms with Crippen molar-refractivity contribution in [2.75, 3.05) is 19.8 Å². The quantitative estimate of drug-likeness (QED) is 0.220. The van der Waals surface area contributed by atoms with Crippen LogP contribution in [0.5, 0.6) is 0 Å². The van der Waals surface area contributed by atoms with Crippen molar-refractivity contribution in [3.05, 3.63) is 65.8 Å². The van der Waals surface area contributed by atoms with Crippen LogP contribution in [-0.4, -0.2) is 19.8 Å². The van der Waals surface area contributed by atoms with E-state index in [1.165, 1.54) is 6.08 Å². The lowest BCUT2D eigenvalue weighted by Crippen LogP contribution is -1.98. The number of allylic oxidation sites excluding steroid dienone is 4. The molecule has 1 fully saturated rings. The zero-order valence-corrected chi connectivity index (χ0v) is 13.1. The summed E-state index contributed by atoms with van der Waals surface area (Å²) in [5, 5.41) is 0. The average molecular weight is 322 g/mol. The van der Waals surface area contributed by atoms with Gasteiger partial charge in [0.2, 0.25) is 0 Å². The smallest absolute Gasteiger partial charge is 0.167 e. The Kier molecular flexibility index (Phi) is 6.65. The lowest BCUT2D eigenvalue weighted by Gasteiger charge is -2.08. The highest BCUT2D eigenvalue weighted by Gasteiger charge is 2.30. The molecule has 1 aromatic carbocycles. The van der Waals surface area contributed by atoms with Gasteiger partial charge in [0.15, 0.2) is 11.6 Å². The van der Waals surface area contributed by atoms with Crippen LogP contribution in [0.25, 0.3) is 5.57 Å². The Balaban J connectivity index is 2.11. The molecule has 0 N–H and O–H groups in total. The summed E-state index contributed by atoms with van der Waals surface area (Å²) in [6, 6.07) is 3.13. The minimum absolute atomic E-state index is 0.189. The fraction of sp³-hybridized carbons (Fsp3) is 0.333. The molecular formula is C18H20F2O3. The summed E-state index contributed by atoms with van der Waals surface area (Å²) in [5.74, 6) is -1.73. The molecule has 1 aliphatic rings. The normalized spacial score (nSPS) is 17.7. The van der Waals surface area contributed by atoms with Crippen LogP contribution in [0, 0.1) is 11.6 Å². The molecular weight excluding hydrogens is 302 g/mol. The Morgan fingerprint density at radius 3 is 2.78 bits per heavy atom. The van der Waals surface area contributed by atoms with Gasteiger partial charge in [-0.15, -0.1) is 0 Å². The Morgan fingerprint density at radius 2 is 2.13 bits per heavy atom. The van der Waals surface area contributed by atoms with Crippen molar-refractivity contribution in [2.45, 2.75) is 19.4 Å². The average Bonchev–Trinajstić information content (AvgIpc) is 3.37. The van der Waals surface area contributed by atoms with Gasteiger partial charge in [-0.25, -0.2) is 18.6 Å². The van der Waals surface area contributed by atoms with Gasteiger partial charge >= 0.3 is 0 Å². The molecule has 124 valence electrons. The van der Waals surface area contributed by atoms with E-state index in [0.717, 1.165) is 0 Å². The first-order valence-corrected chi connectivity index (χ1v) is 7.52. The van der Waals surface area contributed by atoms with Gasteiger partial charge in [0.1, 0.15) is 6.10 Å². The minimum atomic E-state index is -0.874. The minimum Gasteiger partial charge on any atom is -0.368 e. The van der Waals surface area contributed by atoms with Crippen LogP contribution in [0.4, 0.5) is 8.78 Å². The molecule has 0 amide bonds. The molecule has 1 heterocycles. The van der Waals surface area contributed by atoms with Crippen molar-refractivity contribution in [2.24, 2.45) is 0 Å². The third kappa shape index (κ3) is 4.82. The van der Waals surface area contributed by atoms with Gasteiger partial charge in [-0.3, -0.25) is 0 Å². The number of ether oxygens (including phenoxy) is 1. The standard InChI is InChI=1S/C18H20F2O3/c1-3-7-13(8-5-6-11-23-22-4-2)14-9-10-15(16-12-21-16)18(20)17(14)19/h3,5,7-10,16H,1,4,6,11-12H2,2H3/b8-5-,13-7+. The van der Waals surface area contributed by atoms with Crippen LogP contribution in [0.1, 0.15) is 30.6 Å². The van der Waals surface area contributed by atoms with E-state index in [4.69, 9.17) is 14.5 Å². The maximum atomic E-state index is 14.3. The SMILES string of the molecule is C=C/C=C(\C=C/CCOOCC)c1ccc(C2CO2)c(F)c1F. The van der Waals surface area contributed by atoms with E-state index in [0.29, 0.717) is 31.8 Å². The number of rotatable bonds is 9. The number of epoxide rings is 1. The van der Waals surface area contributed by atoms with Crippen molar-refractivity contribution in [1.29, 1.82) is 0 Å². The number of hydrogen-bond acceptors (Lipinski definition) is 3. The molecule has 23 heavy (non-hydrogen) atoms. The monoisotopic (exact) mass is 322 g/mol. The van der Waals surface area contributed by atoms with Crippen LogP contribution >= 0.6 is 0 Å². The maximum Gasteiger partial charge on any atom is 0.167 e. The predicted octanol–water partition coefficient (Wildman–Crippen LogP) is 4.52. The molecule has 0 spiro atoms. The van der Waals surface area contributed by atoms with E-state index in [1.54, 1.807) is 24.3 Å². The summed E-state index contributed by atoms with van der Waals surface area (Å²) in [4.78, 5) is 9.65. The molecule has 1 saturated heterocycles. The molecule has 2 rings (SSSR count). The molecule has 1 aliphatic heterocycles. The van der Waals surface area contributed by atoms with Crippen LogP contribution in [0.3, 0.4) is 0 Å². The van der Waals surface area contributed by atoms with E-state index >= 15 is 0 Å². The Morgan fingerprint density at radius 1 is 1.35 bits per heavy atom. The largest absolute Gasteiger partial charge is 0.368 e. The van der Waals surface area contributed by atoms with E-state index in [9.17, 15) is 8.78 Å². The van der Waals surface area contributed by atoms with Crippen LogP contribution in [0.2, 0.25) is 0 Å². The second kappa shape index (κ2) is 8.72. The fourth-order valence-electron chi connectivity index (χ4n) is 2.09. The first-order chi connectivity index (χ1) is 11.2. The first kappa shape index (κ1) is 17.5. The van der Waals surface area contributed by atoms with Crippen molar-refractivity contribution in [3.63, 3.8) is 0 Å². The summed E-state index contributed by atoms with van der Waals surface area (Å²) in [7, 11) is 0. The van der Waals surface area contributed by atoms with Crippen LogP contribution in [-0.2, 0) is 14.5 Å². The lowest BCUT2D eigenvalue weighted by molar-refractivity contribution is -0.290. The van der Waals surface area contributed by atoms with E-state index in [-0.39, 0.29) is 17.2 Å². The van der Waals surface area contributed by atoms with Crippen molar-refractivity contribution in [1.82, 2.24) is 0 Å². The van der Waals surface area contributed by atoms with Crippen molar-refractivity contribution >= 4 is 5.57 Å². The van der Waals surface area contributed by atoms with E-state index in [1.807, 2.05) is 13.0 Å². The highest BCUT2D eigenvalue weighted by Crippen LogP contribution is 2.34. The summed E-state index contributed by atoms with van der Waals surface area (Å²) < 4.78 is 33.4. The topological polar surface area (TPSA) is 31.0 Å². The molecule has 0 radical (unpaired) electrons. The molecule has 0 bridgehead atoms. The number of halogens is 2. The number of benzene rings is 1. The zero-order valence-electron chi connectivity index (χ0n) is 13.1. The Hall–Kier alpha value is -1.82. The van der Waals surface area contributed by atoms with E-state index in [2.05, 4.69) is 6.58 Å². The molecule has 5 heteroatoms. The highest BCUT2D eigenvalue weighted by molar-refractivity contribution is 5.75. The fourth-order valence-corrected chi connectivity index (χ4v) is 2.09. The van der Waals surface area contributed by atoms with Crippen molar-refractivity contribution in [3.8, 4) is 0 Å². The van der Waals surface area contributed by atoms with Gasteiger partial charge < -0.3 is 4.74 Å². The molecule has 1 unspecified atom stereocenters. The second-order valence-electron chi connectivity index (χ2n) is 4.93. The summed E-state index contributed by atoms with van der Waals surface area (Å²) in [5.41, 5.74) is 0.989. The molecule has 1 aromatic rings. The molecule has 0 saturated carbocycles. The maximum absolute atomic E-state index is 14.3. The van der Waals surface area contributed by atoms with Gasteiger partial charge in [0.25, 0.3) is 0 Å². The summed E-state index contributed by atoms with van der Waals surface area (Å²) >= 11 is 0. The molecule has 0 aliphatic carbocycles. The Labute approximate surface area is 134 Å². The molecule has 0 aromatic heterocycles. The van der Waals surface area contributed by atoms with Gasteiger partial charge in [0, 0.05) is 11.1 Å². The van der Waals surface area contributed by atoms with E-state index < -0.39 is 11.6 Å². The van der Waals surface area contributed by atoms with Gasteiger partial charge in [-0.05, 0) is 18.9 Å². The second-order valence-corrected chi connectivity index (χ2v) is 4.93. The predicted molar refractivity (Wildman–Crippen MR) is 84.6 cm³/mol. The third-order valence-electron chi connectivity index (χ3n) is 3.27. The first-order valence-electron chi connectivity index (χ1n) is 7.52. The van der Waals surface area contributed by atoms with Gasteiger partial charge in [-0.1, -0.05) is 43.0 Å². The molecule has 1 atom stereocenters. The lowest BCUT2D eigenvalue weighted by atomic mass is 10.0. The summed E-state index contributed by atoms with van der Waals surface area (Å²) in [6.45, 7) is 6.74. The van der Waals surface area contributed by atoms with Crippen LogP contribution < -0.4 is 0 Å². The zero-order chi connectivity index (χ0) is 16.7. The highest BCUT2D eigenvalue weighted by atomic mass is 19.2. The third-order valence-corrected chi connectivity index (χ3v) is 3.27. The van der Waals surface area contributed by atoms with Gasteiger partial charge in [0.05, 0.1) is 19.8 Å². The Bertz CT molecular complexity index is 605.